The summed E-state index contributed by atoms with van der Waals surface area (Å²) in [6.45, 7) is 3.99. The van der Waals surface area contributed by atoms with Gasteiger partial charge in [-0.25, -0.2) is 0 Å². The number of hydrogen-bond donors (Lipinski definition) is 1. The topological polar surface area (TPSA) is 72.8 Å². The smallest absolute Gasteiger partial charge is 0.306 e. The molecule has 0 aromatic heterocycles. The first-order chi connectivity index (χ1) is 32.6. The van der Waals surface area contributed by atoms with Gasteiger partial charge in [-0.3, -0.25) is 9.59 Å². The van der Waals surface area contributed by atoms with Gasteiger partial charge in [-0.1, -0.05) is 306 Å². The monoisotopic (exact) mass is 925 g/mol. The minimum absolute atomic E-state index is 0.0925. The maximum absolute atomic E-state index is 12.2. The molecule has 0 radical (unpaired) electrons. The average Bonchev–Trinajstić information content (AvgIpc) is 3.32. The van der Waals surface area contributed by atoms with Crippen LogP contribution in [0.5, 0.6) is 0 Å². The molecule has 0 bridgehead atoms. The van der Waals surface area contributed by atoms with Gasteiger partial charge in [-0.2, -0.15) is 0 Å². The van der Waals surface area contributed by atoms with E-state index in [4.69, 9.17) is 9.47 Å². The predicted octanol–water partition coefficient (Wildman–Crippen LogP) is 19.6. The molecule has 0 amide bonds. The van der Waals surface area contributed by atoms with E-state index in [9.17, 15) is 14.7 Å². The van der Waals surface area contributed by atoms with E-state index in [1.165, 1.54) is 231 Å². The fourth-order valence-electron chi connectivity index (χ4n) is 8.81. The lowest BCUT2D eigenvalue weighted by molar-refractivity contribution is -0.161. The SMILES string of the molecule is CC/C=C\C/C=C\C/C=C\C/C=C\CCC(=O)OC(CO)COC(=O)CCCCCCCCCCCCCCCCCCCCCCCCCCCCCCCCCCCCCCCCC. The van der Waals surface area contributed by atoms with Crippen molar-refractivity contribution in [2.24, 2.45) is 0 Å². The summed E-state index contributed by atoms with van der Waals surface area (Å²) in [7, 11) is 0. The number of hydrogen-bond acceptors (Lipinski definition) is 5. The van der Waals surface area contributed by atoms with Crippen LogP contribution >= 0.6 is 0 Å². The summed E-state index contributed by atoms with van der Waals surface area (Å²) in [5.74, 6) is -0.675. The van der Waals surface area contributed by atoms with Crippen LogP contribution in [0.15, 0.2) is 48.6 Å². The Labute approximate surface area is 411 Å². The summed E-state index contributed by atoms with van der Waals surface area (Å²) in [6, 6.07) is 0. The number of unbranched alkanes of at least 4 members (excludes halogenated alkanes) is 38. The number of carbonyl (C=O) groups excluding carboxylic acids is 2. The van der Waals surface area contributed by atoms with E-state index in [0.29, 0.717) is 12.8 Å². The molecule has 0 aliphatic rings. The van der Waals surface area contributed by atoms with Crippen molar-refractivity contribution in [2.75, 3.05) is 13.2 Å². The van der Waals surface area contributed by atoms with E-state index in [1.54, 1.807) is 0 Å². The Balaban J connectivity index is 3.36. The number of carbonyl (C=O) groups is 2. The van der Waals surface area contributed by atoms with Crippen LogP contribution in [-0.2, 0) is 19.1 Å². The van der Waals surface area contributed by atoms with Crippen molar-refractivity contribution in [3.05, 3.63) is 48.6 Å². The Morgan fingerprint density at radius 2 is 0.652 bits per heavy atom. The van der Waals surface area contributed by atoms with Gasteiger partial charge in [0, 0.05) is 12.8 Å². The van der Waals surface area contributed by atoms with Crippen molar-refractivity contribution >= 4 is 11.9 Å². The molecule has 0 saturated heterocycles. The lowest BCUT2D eigenvalue weighted by atomic mass is 10.0. The Morgan fingerprint density at radius 1 is 0.364 bits per heavy atom. The lowest BCUT2D eigenvalue weighted by Crippen LogP contribution is -2.28. The third-order valence-electron chi connectivity index (χ3n) is 13.2. The summed E-state index contributed by atoms with van der Waals surface area (Å²) in [4.78, 5) is 24.3. The van der Waals surface area contributed by atoms with Crippen LogP contribution in [0, 0.1) is 0 Å². The molecule has 0 aromatic rings. The summed E-state index contributed by atoms with van der Waals surface area (Å²) in [6.07, 6.45) is 75.8. The first-order valence-corrected chi connectivity index (χ1v) is 29.2. The lowest BCUT2D eigenvalue weighted by Gasteiger charge is -2.15. The highest BCUT2D eigenvalue weighted by Gasteiger charge is 2.16. The van der Waals surface area contributed by atoms with Crippen molar-refractivity contribution in [3.8, 4) is 0 Å². The number of aliphatic hydroxyl groups excluding tert-OH is 1. The van der Waals surface area contributed by atoms with Crippen molar-refractivity contribution < 1.29 is 24.2 Å². The van der Waals surface area contributed by atoms with E-state index in [-0.39, 0.29) is 31.6 Å². The third-order valence-corrected chi connectivity index (χ3v) is 13.2. The van der Waals surface area contributed by atoms with Gasteiger partial charge in [0.15, 0.2) is 6.10 Å². The van der Waals surface area contributed by atoms with Crippen molar-refractivity contribution in [1.29, 1.82) is 0 Å². The standard InChI is InChI=1S/C61H112O5/c1-3-5-7-9-11-13-15-17-18-19-20-21-22-23-24-25-26-27-28-29-30-31-32-33-34-35-36-37-38-39-40-41-42-44-45-47-49-51-53-55-60(63)65-58-59(57-62)66-61(64)56-54-52-50-48-46-43-16-14-12-10-8-6-4-2/h6,8,12,14,43,46,50,52,59,62H,3-5,7,9-11,13,15-42,44-45,47-49,51,53-58H2,1-2H3/b8-6-,14-12-,46-43-,52-50-. The highest BCUT2D eigenvalue weighted by atomic mass is 16.6. The van der Waals surface area contributed by atoms with Crippen LogP contribution < -0.4 is 0 Å². The second kappa shape index (κ2) is 57.2. The zero-order chi connectivity index (χ0) is 47.7. The number of rotatable bonds is 54. The molecule has 0 aliphatic heterocycles. The molecule has 1 N–H and O–H groups in total. The molecule has 0 rings (SSSR count). The summed E-state index contributed by atoms with van der Waals surface area (Å²) in [5.41, 5.74) is 0. The zero-order valence-corrected chi connectivity index (χ0v) is 44.2. The zero-order valence-electron chi connectivity index (χ0n) is 44.2. The van der Waals surface area contributed by atoms with Gasteiger partial charge < -0.3 is 14.6 Å². The molecule has 0 spiro atoms. The Hall–Kier alpha value is -2.14. The summed E-state index contributed by atoms with van der Waals surface area (Å²) < 4.78 is 10.6. The first kappa shape index (κ1) is 63.9. The van der Waals surface area contributed by atoms with E-state index >= 15 is 0 Å². The molecular formula is C61H112O5. The van der Waals surface area contributed by atoms with Gasteiger partial charge >= 0.3 is 11.9 Å². The average molecular weight is 926 g/mol. The minimum Gasteiger partial charge on any atom is -0.462 e. The van der Waals surface area contributed by atoms with Crippen molar-refractivity contribution in [3.63, 3.8) is 0 Å². The molecule has 0 fully saturated rings. The first-order valence-electron chi connectivity index (χ1n) is 29.2. The van der Waals surface area contributed by atoms with Gasteiger partial charge in [-0.05, 0) is 38.5 Å². The fraction of sp³-hybridized carbons (Fsp3) is 0.836. The maximum atomic E-state index is 12.2. The van der Waals surface area contributed by atoms with E-state index in [0.717, 1.165) is 44.9 Å². The summed E-state index contributed by atoms with van der Waals surface area (Å²) >= 11 is 0. The molecule has 0 heterocycles. The number of allylic oxidation sites excluding steroid dienone is 8. The van der Waals surface area contributed by atoms with Crippen LogP contribution in [0.3, 0.4) is 0 Å². The van der Waals surface area contributed by atoms with Crippen LogP contribution in [0.2, 0.25) is 0 Å². The Bertz CT molecular complexity index is 1090. The van der Waals surface area contributed by atoms with Gasteiger partial charge in [0.2, 0.25) is 0 Å². The minimum atomic E-state index is -0.809. The van der Waals surface area contributed by atoms with Crippen LogP contribution in [-0.4, -0.2) is 36.4 Å². The highest BCUT2D eigenvalue weighted by molar-refractivity contribution is 5.70. The van der Waals surface area contributed by atoms with Crippen LogP contribution in [0.4, 0.5) is 0 Å². The van der Waals surface area contributed by atoms with E-state index in [1.807, 2.05) is 12.2 Å². The molecule has 1 atom stereocenters. The van der Waals surface area contributed by atoms with Gasteiger partial charge in [-0.15, -0.1) is 0 Å². The largest absolute Gasteiger partial charge is 0.462 e. The quantitative estimate of drug-likeness (QED) is 0.0374. The second-order valence-corrected chi connectivity index (χ2v) is 19.7. The molecule has 5 heteroatoms. The molecule has 386 valence electrons. The molecular weight excluding hydrogens is 813 g/mol. The third kappa shape index (κ3) is 54.5. The van der Waals surface area contributed by atoms with Gasteiger partial charge in [0.05, 0.1) is 6.61 Å². The molecule has 66 heavy (non-hydrogen) atoms. The van der Waals surface area contributed by atoms with Gasteiger partial charge in [0.25, 0.3) is 0 Å². The van der Waals surface area contributed by atoms with Crippen LogP contribution in [0.25, 0.3) is 0 Å². The van der Waals surface area contributed by atoms with Gasteiger partial charge in [0.1, 0.15) is 6.61 Å². The normalized spacial score (nSPS) is 12.5. The van der Waals surface area contributed by atoms with E-state index < -0.39 is 6.10 Å². The Morgan fingerprint density at radius 3 is 0.955 bits per heavy atom. The predicted molar refractivity (Wildman–Crippen MR) is 288 cm³/mol. The number of ether oxygens (including phenoxy) is 2. The molecule has 0 saturated carbocycles. The highest BCUT2D eigenvalue weighted by Crippen LogP contribution is 2.18. The Kier molecular flexibility index (Phi) is 55.3. The van der Waals surface area contributed by atoms with Crippen molar-refractivity contribution in [2.45, 2.75) is 315 Å². The molecule has 0 aliphatic carbocycles. The number of aliphatic hydroxyl groups is 1. The van der Waals surface area contributed by atoms with E-state index in [2.05, 4.69) is 50.3 Å². The second-order valence-electron chi connectivity index (χ2n) is 19.7. The molecule has 0 aromatic carbocycles. The molecule has 1 unspecified atom stereocenters. The molecule has 5 nitrogen and oxygen atoms in total. The number of esters is 2. The fourth-order valence-corrected chi connectivity index (χ4v) is 8.81. The maximum Gasteiger partial charge on any atom is 0.306 e. The van der Waals surface area contributed by atoms with Crippen LogP contribution in [0.1, 0.15) is 309 Å². The summed E-state index contributed by atoms with van der Waals surface area (Å²) in [5, 5.41) is 9.59. The van der Waals surface area contributed by atoms with Crippen molar-refractivity contribution in [1.82, 2.24) is 0 Å².